The number of ether oxygens (including phenoxy) is 3. The van der Waals surface area contributed by atoms with Crippen molar-refractivity contribution >= 4 is 11.8 Å². The predicted molar refractivity (Wildman–Crippen MR) is 120 cm³/mol. The van der Waals surface area contributed by atoms with Gasteiger partial charge in [-0.2, -0.15) is 0 Å². The third kappa shape index (κ3) is 5.22. The number of amides is 2. The number of carbonyl (C=O) groups excluding carboxylic acids is 2. The van der Waals surface area contributed by atoms with E-state index in [9.17, 15) is 9.59 Å². The molecule has 0 bridgehead atoms. The molecule has 4 rings (SSSR count). The lowest BCUT2D eigenvalue weighted by molar-refractivity contribution is -0.137. The van der Waals surface area contributed by atoms with Gasteiger partial charge in [0.05, 0.1) is 25.9 Å². The molecule has 32 heavy (non-hydrogen) atoms. The summed E-state index contributed by atoms with van der Waals surface area (Å²) >= 11 is 0. The minimum atomic E-state index is -0.149. The molecule has 2 aromatic rings. The Hall–Kier alpha value is -3.06. The summed E-state index contributed by atoms with van der Waals surface area (Å²) in [7, 11) is 0. The Morgan fingerprint density at radius 1 is 1.09 bits per heavy atom. The Morgan fingerprint density at radius 3 is 2.72 bits per heavy atom. The summed E-state index contributed by atoms with van der Waals surface area (Å²) in [5, 5.41) is 3.17. The van der Waals surface area contributed by atoms with E-state index in [1.807, 2.05) is 19.1 Å². The van der Waals surface area contributed by atoms with E-state index < -0.39 is 0 Å². The first kappa shape index (κ1) is 22.1. The van der Waals surface area contributed by atoms with Crippen LogP contribution in [0.25, 0.3) is 0 Å². The fourth-order valence-corrected chi connectivity index (χ4v) is 4.23. The van der Waals surface area contributed by atoms with Crippen LogP contribution in [-0.2, 0) is 16.0 Å². The van der Waals surface area contributed by atoms with Gasteiger partial charge in [-0.15, -0.1) is 0 Å². The molecule has 1 fully saturated rings. The Bertz CT molecular complexity index is 955. The van der Waals surface area contributed by atoms with Crippen molar-refractivity contribution < 1.29 is 23.8 Å². The molecule has 0 saturated carbocycles. The molecule has 1 aliphatic heterocycles. The molecule has 0 radical (unpaired) electrons. The molecular formula is C25H30N2O5. The van der Waals surface area contributed by atoms with Crippen molar-refractivity contribution in [2.24, 2.45) is 0 Å². The van der Waals surface area contributed by atoms with E-state index in [-0.39, 0.29) is 24.5 Å². The molecular weight excluding hydrogens is 408 g/mol. The van der Waals surface area contributed by atoms with Crippen molar-refractivity contribution in [1.82, 2.24) is 10.2 Å². The van der Waals surface area contributed by atoms with Crippen LogP contribution in [0.2, 0.25) is 0 Å². The van der Waals surface area contributed by atoms with E-state index in [1.165, 1.54) is 11.1 Å². The monoisotopic (exact) mass is 438 g/mol. The second-order valence-corrected chi connectivity index (χ2v) is 7.99. The first-order chi connectivity index (χ1) is 15.7. The predicted octanol–water partition coefficient (Wildman–Crippen LogP) is 3.13. The smallest absolute Gasteiger partial charge is 0.260 e. The van der Waals surface area contributed by atoms with Crippen molar-refractivity contribution in [3.05, 3.63) is 59.2 Å². The van der Waals surface area contributed by atoms with E-state index in [0.29, 0.717) is 50.0 Å². The molecule has 1 aliphatic carbocycles. The van der Waals surface area contributed by atoms with Crippen LogP contribution in [0, 0.1) is 0 Å². The lowest BCUT2D eigenvalue weighted by Crippen LogP contribution is -2.43. The van der Waals surface area contributed by atoms with Gasteiger partial charge in [0.2, 0.25) is 0 Å². The standard InChI is InChI=1S/C25H30N2O5/c1-2-31-23-16-19(10-11-22(23)32-17-24(28)27-12-14-30-15-13-27)25(29)26-21-9-5-7-18-6-3-4-8-20(18)21/h3-4,6,8,10-11,16,21H,2,5,7,9,12-15,17H2,1H3,(H,26,29)/t21-/m1/s1. The Morgan fingerprint density at radius 2 is 1.91 bits per heavy atom. The summed E-state index contributed by atoms with van der Waals surface area (Å²) in [5.41, 5.74) is 3.00. The highest BCUT2D eigenvalue weighted by atomic mass is 16.5. The van der Waals surface area contributed by atoms with Gasteiger partial charge in [0, 0.05) is 18.7 Å². The van der Waals surface area contributed by atoms with Gasteiger partial charge in [-0.3, -0.25) is 9.59 Å². The van der Waals surface area contributed by atoms with Crippen molar-refractivity contribution in [3.8, 4) is 11.5 Å². The second kappa shape index (κ2) is 10.5. The van der Waals surface area contributed by atoms with Crippen molar-refractivity contribution in [2.45, 2.75) is 32.2 Å². The lowest BCUT2D eigenvalue weighted by Gasteiger charge is -2.27. The molecule has 7 heteroatoms. The number of nitrogens with one attached hydrogen (secondary N) is 1. The number of benzene rings is 2. The van der Waals surface area contributed by atoms with E-state index in [2.05, 4.69) is 17.4 Å². The van der Waals surface area contributed by atoms with E-state index in [0.717, 1.165) is 19.3 Å². The first-order valence-corrected chi connectivity index (χ1v) is 11.3. The lowest BCUT2D eigenvalue weighted by atomic mass is 9.87. The SMILES string of the molecule is CCOc1cc(C(=O)N[C@@H]2CCCc3ccccc32)ccc1OCC(=O)N1CCOCC1. The molecule has 0 spiro atoms. The van der Waals surface area contributed by atoms with Crippen LogP contribution in [0.5, 0.6) is 11.5 Å². The quantitative estimate of drug-likeness (QED) is 0.719. The highest BCUT2D eigenvalue weighted by Crippen LogP contribution is 2.31. The summed E-state index contributed by atoms with van der Waals surface area (Å²) in [6.45, 7) is 4.46. The maximum absolute atomic E-state index is 13.0. The maximum atomic E-state index is 13.0. The normalized spacial score (nSPS) is 17.9. The topological polar surface area (TPSA) is 77.1 Å². The molecule has 2 aliphatic rings. The number of fused-ring (bicyclic) bond motifs is 1. The maximum Gasteiger partial charge on any atom is 0.260 e. The number of nitrogens with zero attached hydrogens (tertiary/aromatic N) is 1. The Kier molecular flexibility index (Phi) is 7.27. The molecule has 1 N–H and O–H groups in total. The molecule has 170 valence electrons. The van der Waals surface area contributed by atoms with Gasteiger partial charge < -0.3 is 24.4 Å². The van der Waals surface area contributed by atoms with Crippen LogP contribution in [0.15, 0.2) is 42.5 Å². The first-order valence-electron chi connectivity index (χ1n) is 11.3. The van der Waals surface area contributed by atoms with E-state index in [4.69, 9.17) is 14.2 Å². The number of hydrogen-bond donors (Lipinski definition) is 1. The minimum Gasteiger partial charge on any atom is -0.490 e. The van der Waals surface area contributed by atoms with Gasteiger partial charge in [0.15, 0.2) is 18.1 Å². The fourth-order valence-electron chi connectivity index (χ4n) is 4.23. The van der Waals surface area contributed by atoms with Crippen LogP contribution in [-0.4, -0.2) is 56.2 Å². The van der Waals surface area contributed by atoms with Crippen LogP contribution in [0.1, 0.15) is 47.3 Å². The van der Waals surface area contributed by atoms with Gasteiger partial charge in [-0.25, -0.2) is 0 Å². The van der Waals surface area contributed by atoms with E-state index in [1.54, 1.807) is 23.1 Å². The third-order valence-corrected chi connectivity index (χ3v) is 5.90. The van der Waals surface area contributed by atoms with Gasteiger partial charge in [-0.05, 0) is 55.5 Å². The van der Waals surface area contributed by atoms with Gasteiger partial charge in [0.25, 0.3) is 11.8 Å². The van der Waals surface area contributed by atoms with Crippen LogP contribution in [0.4, 0.5) is 0 Å². The van der Waals surface area contributed by atoms with Gasteiger partial charge >= 0.3 is 0 Å². The zero-order chi connectivity index (χ0) is 22.3. The minimum absolute atomic E-state index is 0.00469. The highest BCUT2D eigenvalue weighted by molar-refractivity contribution is 5.95. The average molecular weight is 439 g/mol. The molecule has 7 nitrogen and oxygen atoms in total. The van der Waals surface area contributed by atoms with Crippen molar-refractivity contribution in [1.29, 1.82) is 0 Å². The number of morpholine rings is 1. The number of aryl methyl sites for hydroxylation is 1. The number of rotatable bonds is 7. The summed E-state index contributed by atoms with van der Waals surface area (Å²) in [6.07, 6.45) is 3.02. The Labute approximate surface area is 188 Å². The molecule has 2 aromatic carbocycles. The van der Waals surface area contributed by atoms with Crippen molar-refractivity contribution in [2.75, 3.05) is 39.5 Å². The summed E-state index contributed by atoms with van der Waals surface area (Å²) in [4.78, 5) is 27.1. The third-order valence-electron chi connectivity index (χ3n) is 5.90. The van der Waals surface area contributed by atoms with Crippen LogP contribution in [0.3, 0.4) is 0 Å². The fraction of sp³-hybridized carbons (Fsp3) is 0.440. The number of carbonyl (C=O) groups is 2. The molecule has 1 atom stereocenters. The highest BCUT2D eigenvalue weighted by Gasteiger charge is 2.23. The average Bonchev–Trinajstić information content (AvgIpc) is 2.84. The largest absolute Gasteiger partial charge is 0.490 e. The molecule has 1 saturated heterocycles. The van der Waals surface area contributed by atoms with Crippen LogP contribution < -0.4 is 14.8 Å². The molecule has 0 unspecified atom stereocenters. The zero-order valence-corrected chi connectivity index (χ0v) is 18.5. The van der Waals surface area contributed by atoms with Gasteiger partial charge in [-0.1, -0.05) is 24.3 Å². The van der Waals surface area contributed by atoms with Crippen LogP contribution >= 0.6 is 0 Å². The molecule has 2 amide bonds. The molecule has 0 aromatic heterocycles. The number of hydrogen-bond acceptors (Lipinski definition) is 5. The van der Waals surface area contributed by atoms with E-state index >= 15 is 0 Å². The summed E-state index contributed by atoms with van der Waals surface area (Å²) < 4.78 is 16.7. The zero-order valence-electron chi connectivity index (χ0n) is 18.5. The second-order valence-electron chi connectivity index (χ2n) is 7.99. The van der Waals surface area contributed by atoms with Crippen molar-refractivity contribution in [3.63, 3.8) is 0 Å². The van der Waals surface area contributed by atoms with Gasteiger partial charge in [0.1, 0.15) is 0 Å². The summed E-state index contributed by atoms with van der Waals surface area (Å²) in [5.74, 6) is 0.670. The molecule has 1 heterocycles. The summed E-state index contributed by atoms with van der Waals surface area (Å²) in [6, 6.07) is 13.4. The Balaban J connectivity index is 1.43.